The molecule has 1 aliphatic heterocycles. The maximum atomic E-state index is 12.7. The standard InChI is InChI=1S/C9H8F2O/c1-9(5-12-9)6-2-3-7(10)8(11)4-6/h2-4H,5H2,1H3. The molecule has 1 heterocycles. The van der Waals surface area contributed by atoms with Crippen LogP contribution >= 0.6 is 0 Å². The van der Waals surface area contributed by atoms with Crippen LogP contribution in [0.2, 0.25) is 0 Å². The lowest BCUT2D eigenvalue weighted by atomic mass is 10.0. The smallest absolute Gasteiger partial charge is 0.159 e. The summed E-state index contributed by atoms with van der Waals surface area (Å²) in [6.07, 6.45) is 0. The minimum atomic E-state index is -0.817. The fourth-order valence-corrected chi connectivity index (χ4v) is 1.10. The van der Waals surface area contributed by atoms with Crippen LogP contribution in [0.25, 0.3) is 0 Å². The number of hydrogen-bond donors (Lipinski definition) is 0. The predicted octanol–water partition coefficient (Wildman–Crippen LogP) is 2.21. The van der Waals surface area contributed by atoms with Gasteiger partial charge in [0.25, 0.3) is 0 Å². The largest absolute Gasteiger partial charge is 0.365 e. The average Bonchev–Trinajstić information content (AvgIpc) is 2.75. The Morgan fingerprint density at radius 3 is 2.50 bits per heavy atom. The molecule has 12 heavy (non-hydrogen) atoms. The van der Waals surface area contributed by atoms with E-state index in [0.717, 1.165) is 6.07 Å². The van der Waals surface area contributed by atoms with Crippen molar-refractivity contribution in [3.05, 3.63) is 35.4 Å². The lowest BCUT2D eigenvalue weighted by Gasteiger charge is -2.04. The van der Waals surface area contributed by atoms with Gasteiger partial charge in [-0.3, -0.25) is 0 Å². The third kappa shape index (κ3) is 1.10. The third-order valence-electron chi connectivity index (χ3n) is 2.11. The number of halogens is 2. The van der Waals surface area contributed by atoms with Gasteiger partial charge in [0.15, 0.2) is 11.6 Å². The van der Waals surface area contributed by atoms with Crippen molar-refractivity contribution in [3.8, 4) is 0 Å². The lowest BCUT2D eigenvalue weighted by Crippen LogP contribution is -2.02. The Kier molecular flexibility index (Phi) is 1.45. The first kappa shape index (κ1) is 7.68. The second-order valence-electron chi connectivity index (χ2n) is 3.15. The normalized spacial score (nSPS) is 27.2. The van der Waals surface area contributed by atoms with Gasteiger partial charge in [0.2, 0.25) is 0 Å². The van der Waals surface area contributed by atoms with Crippen molar-refractivity contribution in [3.63, 3.8) is 0 Å². The zero-order chi connectivity index (χ0) is 8.77. The van der Waals surface area contributed by atoms with Gasteiger partial charge in [-0.1, -0.05) is 6.07 Å². The van der Waals surface area contributed by atoms with E-state index in [1.54, 1.807) is 6.07 Å². The Labute approximate surface area is 69.0 Å². The number of benzene rings is 1. The van der Waals surface area contributed by atoms with E-state index < -0.39 is 11.6 Å². The fraction of sp³-hybridized carbons (Fsp3) is 0.333. The lowest BCUT2D eigenvalue weighted by molar-refractivity contribution is 0.328. The van der Waals surface area contributed by atoms with E-state index in [9.17, 15) is 8.78 Å². The quantitative estimate of drug-likeness (QED) is 0.588. The van der Waals surface area contributed by atoms with Crippen molar-refractivity contribution >= 4 is 0 Å². The monoisotopic (exact) mass is 170 g/mol. The number of epoxide rings is 1. The van der Waals surface area contributed by atoms with E-state index in [1.165, 1.54) is 6.07 Å². The molecule has 0 N–H and O–H groups in total. The molecular formula is C9H8F2O. The van der Waals surface area contributed by atoms with Gasteiger partial charge >= 0.3 is 0 Å². The van der Waals surface area contributed by atoms with Gasteiger partial charge in [-0.05, 0) is 24.6 Å². The van der Waals surface area contributed by atoms with Crippen LogP contribution in [-0.4, -0.2) is 6.61 Å². The van der Waals surface area contributed by atoms with Crippen molar-refractivity contribution in [1.82, 2.24) is 0 Å². The summed E-state index contributed by atoms with van der Waals surface area (Å²) < 4.78 is 30.3. The molecule has 0 radical (unpaired) electrons. The maximum absolute atomic E-state index is 12.7. The van der Waals surface area contributed by atoms with Crippen LogP contribution in [0.15, 0.2) is 18.2 Å². The average molecular weight is 170 g/mol. The maximum Gasteiger partial charge on any atom is 0.159 e. The summed E-state index contributed by atoms with van der Waals surface area (Å²) in [5.74, 6) is -1.63. The molecule has 0 spiro atoms. The van der Waals surface area contributed by atoms with E-state index in [2.05, 4.69) is 0 Å². The molecule has 1 aliphatic rings. The van der Waals surface area contributed by atoms with Gasteiger partial charge in [0, 0.05) is 0 Å². The highest BCUT2D eigenvalue weighted by Gasteiger charge is 2.41. The van der Waals surface area contributed by atoms with Gasteiger partial charge in [-0.15, -0.1) is 0 Å². The minimum absolute atomic E-state index is 0.380. The number of rotatable bonds is 1. The molecule has 0 aromatic heterocycles. The van der Waals surface area contributed by atoms with Crippen molar-refractivity contribution in [2.75, 3.05) is 6.61 Å². The van der Waals surface area contributed by atoms with Gasteiger partial charge in [-0.25, -0.2) is 8.78 Å². The predicted molar refractivity (Wildman–Crippen MR) is 39.7 cm³/mol. The fourth-order valence-electron chi connectivity index (χ4n) is 1.10. The molecule has 64 valence electrons. The van der Waals surface area contributed by atoms with Gasteiger partial charge < -0.3 is 4.74 Å². The molecule has 1 nitrogen and oxygen atoms in total. The highest BCUT2D eigenvalue weighted by Crippen LogP contribution is 2.38. The van der Waals surface area contributed by atoms with Crippen molar-refractivity contribution < 1.29 is 13.5 Å². The van der Waals surface area contributed by atoms with Crippen LogP contribution in [0.3, 0.4) is 0 Å². The summed E-state index contributed by atoms with van der Waals surface area (Å²) >= 11 is 0. The molecule has 0 amide bonds. The molecule has 1 aromatic carbocycles. The van der Waals surface area contributed by atoms with Gasteiger partial charge in [-0.2, -0.15) is 0 Å². The first-order valence-electron chi connectivity index (χ1n) is 3.71. The third-order valence-corrected chi connectivity index (χ3v) is 2.11. The minimum Gasteiger partial charge on any atom is -0.365 e. The second kappa shape index (κ2) is 2.26. The van der Waals surface area contributed by atoms with E-state index in [-0.39, 0.29) is 5.60 Å². The summed E-state index contributed by atoms with van der Waals surface area (Å²) in [5.41, 5.74) is 0.315. The Morgan fingerprint density at radius 1 is 1.33 bits per heavy atom. The Bertz CT molecular complexity index is 318. The topological polar surface area (TPSA) is 12.5 Å². The summed E-state index contributed by atoms with van der Waals surface area (Å²) in [6, 6.07) is 3.85. The second-order valence-corrected chi connectivity index (χ2v) is 3.15. The Balaban J connectivity index is 2.41. The van der Waals surface area contributed by atoms with Gasteiger partial charge in [0.1, 0.15) is 5.60 Å². The van der Waals surface area contributed by atoms with Crippen LogP contribution in [0, 0.1) is 11.6 Å². The van der Waals surface area contributed by atoms with Crippen molar-refractivity contribution in [1.29, 1.82) is 0 Å². The molecule has 0 saturated carbocycles. The summed E-state index contributed by atoms with van der Waals surface area (Å²) in [4.78, 5) is 0. The molecule has 0 aliphatic carbocycles. The van der Waals surface area contributed by atoms with Crippen molar-refractivity contribution in [2.24, 2.45) is 0 Å². The van der Waals surface area contributed by atoms with Crippen LogP contribution in [0.4, 0.5) is 8.78 Å². The molecule has 1 fully saturated rings. The molecule has 3 heteroatoms. The molecule has 1 unspecified atom stereocenters. The molecule has 2 rings (SSSR count). The van der Waals surface area contributed by atoms with Crippen LogP contribution < -0.4 is 0 Å². The number of hydrogen-bond acceptors (Lipinski definition) is 1. The highest BCUT2D eigenvalue weighted by molar-refractivity contribution is 5.26. The highest BCUT2D eigenvalue weighted by atomic mass is 19.2. The zero-order valence-corrected chi connectivity index (χ0v) is 6.60. The first-order valence-corrected chi connectivity index (χ1v) is 3.71. The van der Waals surface area contributed by atoms with Crippen LogP contribution in [0.5, 0.6) is 0 Å². The zero-order valence-electron chi connectivity index (χ0n) is 6.60. The van der Waals surface area contributed by atoms with Crippen molar-refractivity contribution in [2.45, 2.75) is 12.5 Å². The molecular weight excluding hydrogens is 162 g/mol. The van der Waals surface area contributed by atoms with E-state index >= 15 is 0 Å². The van der Waals surface area contributed by atoms with Gasteiger partial charge in [0.05, 0.1) is 6.61 Å². The molecule has 1 saturated heterocycles. The molecule has 0 bridgehead atoms. The Morgan fingerprint density at radius 2 is 2.00 bits per heavy atom. The number of ether oxygens (including phenoxy) is 1. The van der Waals surface area contributed by atoms with E-state index in [4.69, 9.17) is 4.74 Å². The SMILES string of the molecule is CC1(c2ccc(F)c(F)c2)CO1. The van der Waals surface area contributed by atoms with E-state index in [1.807, 2.05) is 6.92 Å². The molecule has 1 atom stereocenters. The van der Waals surface area contributed by atoms with Crippen LogP contribution in [-0.2, 0) is 10.3 Å². The van der Waals surface area contributed by atoms with E-state index in [0.29, 0.717) is 12.2 Å². The molecule has 1 aromatic rings. The summed E-state index contributed by atoms with van der Waals surface area (Å²) in [5, 5.41) is 0. The Hall–Kier alpha value is -0.960. The van der Waals surface area contributed by atoms with Crippen LogP contribution in [0.1, 0.15) is 12.5 Å². The summed E-state index contributed by atoms with van der Waals surface area (Å²) in [7, 11) is 0. The first-order chi connectivity index (χ1) is 5.62. The summed E-state index contributed by atoms with van der Waals surface area (Å²) in [6.45, 7) is 2.43.